The highest BCUT2D eigenvalue weighted by molar-refractivity contribution is 7.92. The molecule has 0 aliphatic carbocycles. The molecular formula is C39H33ClN2O5S2. The summed E-state index contributed by atoms with van der Waals surface area (Å²) in [7, 11) is -3.84. The molecule has 6 aromatic rings. The average molecular weight is 709 g/mol. The molecule has 0 saturated heterocycles. The van der Waals surface area contributed by atoms with Crippen LogP contribution in [0.25, 0.3) is 34.2 Å². The van der Waals surface area contributed by atoms with Crippen LogP contribution in [0, 0.1) is 0 Å². The first-order valence-corrected chi connectivity index (χ1v) is 18.4. The minimum Gasteiger partial charge on any atom is -0.493 e. The molecule has 0 radical (unpaired) electrons. The number of ether oxygens (including phenoxy) is 2. The minimum atomic E-state index is -3.84. The maximum atomic E-state index is 12.5. The van der Waals surface area contributed by atoms with Crippen molar-refractivity contribution in [3.63, 3.8) is 0 Å². The molecule has 1 N–H and O–H groups in total. The maximum absolute atomic E-state index is 12.5. The van der Waals surface area contributed by atoms with Gasteiger partial charge in [0, 0.05) is 23.3 Å². The summed E-state index contributed by atoms with van der Waals surface area (Å²) >= 11 is 7.19. The number of halogens is 1. The molecule has 0 unspecified atom stereocenters. The third-order valence-electron chi connectivity index (χ3n) is 7.62. The molecule has 4 aromatic carbocycles. The number of thiophene rings is 1. The van der Waals surface area contributed by atoms with Gasteiger partial charge in [-0.3, -0.25) is 4.79 Å². The van der Waals surface area contributed by atoms with Crippen LogP contribution in [0.1, 0.15) is 29.7 Å². The molecule has 2 heterocycles. The average Bonchev–Trinajstić information content (AvgIpc) is 3.67. The number of benzene rings is 4. The number of carbonyl (C=O) groups is 1. The van der Waals surface area contributed by atoms with E-state index in [1.165, 1.54) is 6.07 Å². The molecule has 0 aliphatic rings. The van der Waals surface area contributed by atoms with Gasteiger partial charge >= 0.3 is 0 Å². The highest BCUT2D eigenvalue weighted by atomic mass is 35.5. The highest BCUT2D eigenvalue weighted by Gasteiger charge is 2.18. The number of aromatic nitrogens is 1. The molecule has 0 bridgehead atoms. The predicted octanol–water partition coefficient (Wildman–Crippen LogP) is 9.07. The molecule has 0 spiro atoms. The van der Waals surface area contributed by atoms with Crippen molar-refractivity contribution in [1.82, 2.24) is 9.71 Å². The Labute approximate surface area is 294 Å². The second kappa shape index (κ2) is 16.0. The summed E-state index contributed by atoms with van der Waals surface area (Å²) in [5, 5.41) is 3.37. The van der Waals surface area contributed by atoms with Gasteiger partial charge in [0.05, 0.1) is 24.4 Å². The van der Waals surface area contributed by atoms with Crippen molar-refractivity contribution >= 4 is 61.9 Å². The molecule has 10 heteroatoms. The second-order valence-corrected chi connectivity index (χ2v) is 14.5. The Morgan fingerprint density at radius 2 is 1.61 bits per heavy atom. The molecule has 0 fully saturated rings. The van der Waals surface area contributed by atoms with E-state index in [2.05, 4.69) is 9.71 Å². The van der Waals surface area contributed by atoms with Gasteiger partial charge < -0.3 is 9.47 Å². The van der Waals surface area contributed by atoms with E-state index in [4.69, 9.17) is 21.1 Å². The predicted molar refractivity (Wildman–Crippen MR) is 198 cm³/mol. The number of amides is 1. The third-order valence-corrected chi connectivity index (χ3v) is 10.6. The van der Waals surface area contributed by atoms with E-state index in [0.717, 1.165) is 61.7 Å². The van der Waals surface area contributed by atoms with Crippen molar-refractivity contribution < 1.29 is 22.7 Å². The lowest BCUT2D eigenvalue weighted by Crippen LogP contribution is -2.30. The van der Waals surface area contributed by atoms with Gasteiger partial charge in [-0.05, 0) is 88.7 Å². The quantitative estimate of drug-likeness (QED) is 0.114. The topological polar surface area (TPSA) is 94.6 Å². The largest absolute Gasteiger partial charge is 0.493 e. The van der Waals surface area contributed by atoms with Gasteiger partial charge in [-0.2, -0.15) is 0 Å². The standard InChI is InChI=1S/C39H33ClN2O5S2/c40-32-17-12-31-13-19-33(41-37(31)27-32)18-11-28-6-3-8-35(26-28)47-24-5-23-46-34-20-14-30(15-21-34)36-9-2-1-7-29(36)16-22-38(43)42-49(44,45)39-10-4-25-48-39/h1-4,6-15,17-21,25-27H,5,16,22-24H2,(H,42,43). The Kier molecular flexibility index (Phi) is 11.0. The van der Waals surface area contributed by atoms with Crippen LogP contribution in [-0.4, -0.2) is 32.5 Å². The smallest absolute Gasteiger partial charge is 0.273 e. The molecule has 7 nitrogen and oxygen atoms in total. The summed E-state index contributed by atoms with van der Waals surface area (Å²) in [5.74, 6) is 0.988. The molecule has 0 saturated carbocycles. The van der Waals surface area contributed by atoms with E-state index < -0.39 is 15.9 Å². The lowest BCUT2D eigenvalue weighted by atomic mass is 9.96. The first kappa shape index (κ1) is 33.9. The molecule has 248 valence electrons. The van der Waals surface area contributed by atoms with E-state index in [1.807, 2.05) is 115 Å². The number of hydrogen-bond acceptors (Lipinski definition) is 7. The number of carbonyl (C=O) groups excluding carboxylic acids is 1. The number of fused-ring (bicyclic) bond motifs is 1. The monoisotopic (exact) mass is 708 g/mol. The first-order valence-electron chi connectivity index (χ1n) is 15.7. The van der Waals surface area contributed by atoms with Crippen molar-refractivity contribution in [3.05, 3.63) is 142 Å². The van der Waals surface area contributed by atoms with Crippen molar-refractivity contribution in [3.8, 4) is 22.6 Å². The fourth-order valence-electron chi connectivity index (χ4n) is 5.19. The van der Waals surface area contributed by atoms with Crippen molar-refractivity contribution in [2.24, 2.45) is 0 Å². The van der Waals surface area contributed by atoms with Crippen molar-refractivity contribution in [2.75, 3.05) is 13.2 Å². The second-order valence-electron chi connectivity index (χ2n) is 11.2. The number of aryl methyl sites for hydroxylation is 1. The third kappa shape index (κ3) is 9.35. The minimum absolute atomic E-state index is 0.0464. The molecule has 2 aromatic heterocycles. The molecule has 49 heavy (non-hydrogen) atoms. The summed E-state index contributed by atoms with van der Waals surface area (Å²) in [6.07, 6.45) is 5.13. The van der Waals surface area contributed by atoms with Gasteiger partial charge in [-0.25, -0.2) is 18.1 Å². The number of sulfonamides is 1. The van der Waals surface area contributed by atoms with Gasteiger partial charge in [-0.15, -0.1) is 11.3 Å². The van der Waals surface area contributed by atoms with Crippen molar-refractivity contribution in [1.29, 1.82) is 0 Å². The zero-order chi connectivity index (χ0) is 34.1. The fraction of sp³-hybridized carbons (Fsp3) is 0.128. The van der Waals surface area contributed by atoms with Crippen LogP contribution in [0.3, 0.4) is 0 Å². The van der Waals surface area contributed by atoms with E-state index in [9.17, 15) is 13.2 Å². The van der Waals surface area contributed by atoms with Crippen molar-refractivity contribution in [2.45, 2.75) is 23.5 Å². The Hall–Kier alpha value is -4.96. The van der Waals surface area contributed by atoms with Crippen LogP contribution in [0.4, 0.5) is 0 Å². The maximum Gasteiger partial charge on any atom is 0.273 e. The van der Waals surface area contributed by atoms with Gasteiger partial charge in [0.25, 0.3) is 10.0 Å². The first-order chi connectivity index (χ1) is 23.8. The van der Waals surface area contributed by atoms with Gasteiger partial charge in [-0.1, -0.05) is 84.4 Å². The lowest BCUT2D eigenvalue weighted by molar-refractivity contribution is -0.119. The fourth-order valence-corrected chi connectivity index (χ4v) is 7.37. The summed E-state index contributed by atoms with van der Waals surface area (Å²) in [5.41, 5.74) is 5.62. The Bertz CT molecular complexity index is 2180. The molecule has 0 atom stereocenters. The van der Waals surface area contributed by atoms with Crippen LogP contribution >= 0.6 is 22.9 Å². The van der Waals surface area contributed by atoms with Crippen LogP contribution < -0.4 is 14.2 Å². The van der Waals surface area contributed by atoms with Gasteiger partial charge in [0.2, 0.25) is 5.91 Å². The summed E-state index contributed by atoms with van der Waals surface area (Å²) in [6.45, 7) is 1.00. The molecule has 0 aliphatic heterocycles. The van der Waals surface area contributed by atoms with E-state index in [-0.39, 0.29) is 10.6 Å². The van der Waals surface area contributed by atoms with Gasteiger partial charge in [0.15, 0.2) is 0 Å². The number of nitrogens with zero attached hydrogens (tertiary/aromatic N) is 1. The van der Waals surface area contributed by atoms with E-state index in [1.54, 1.807) is 11.4 Å². The van der Waals surface area contributed by atoms with Gasteiger partial charge in [0.1, 0.15) is 15.7 Å². The molecular weight excluding hydrogens is 676 g/mol. The Morgan fingerprint density at radius 1 is 0.816 bits per heavy atom. The Morgan fingerprint density at radius 3 is 2.43 bits per heavy atom. The molecule has 1 amide bonds. The summed E-state index contributed by atoms with van der Waals surface area (Å²) in [4.78, 5) is 17.1. The normalized spacial score (nSPS) is 11.5. The van der Waals surface area contributed by atoms with Crippen LogP contribution in [0.15, 0.2) is 125 Å². The zero-order valence-corrected chi connectivity index (χ0v) is 28.8. The number of rotatable bonds is 14. The lowest BCUT2D eigenvalue weighted by Gasteiger charge is -2.12. The number of pyridine rings is 1. The Balaban J connectivity index is 0.958. The summed E-state index contributed by atoms with van der Waals surface area (Å²) < 4.78 is 39.0. The zero-order valence-electron chi connectivity index (χ0n) is 26.4. The van der Waals surface area contributed by atoms with E-state index >= 15 is 0 Å². The van der Waals surface area contributed by atoms with Crippen LogP contribution in [0.5, 0.6) is 11.5 Å². The number of hydrogen-bond donors (Lipinski definition) is 1. The number of nitrogens with one attached hydrogen (secondary N) is 1. The SMILES string of the molecule is O=C(CCc1ccccc1-c1ccc(OCCCOc2cccc(C=Cc3ccc4ccc(Cl)cc4n3)c2)cc1)NS(=O)(=O)c1cccs1. The molecule has 6 rings (SSSR count). The highest BCUT2D eigenvalue weighted by Crippen LogP contribution is 2.27. The van der Waals surface area contributed by atoms with Crippen LogP contribution in [-0.2, 0) is 21.2 Å². The van der Waals surface area contributed by atoms with E-state index in [0.29, 0.717) is 31.1 Å². The van der Waals surface area contributed by atoms with Crippen LogP contribution in [0.2, 0.25) is 5.02 Å². The summed E-state index contributed by atoms with van der Waals surface area (Å²) in [6, 6.07) is 36.3.